The Hall–Kier alpha value is -3.40. The minimum Gasteiger partial charge on any atom is -0.354 e. The van der Waals surface area contributed by atoms with E-state index in [1.165, 1.54) is 24.9 Å². The molecule has 0 atom stereocenters. The van der Waals surface area contributed by atoms with Gasteiger partial charge >= 0.3 is 6.03 Å². The first-order valence-electron chi connectivity index (χ1n) is 8.85. The normalized spacial score (nSPS) is 12.8. The Bertz CT molecular complexity index is 984. The number of fused-ring (bicyclic) bond motifs is 1. The van der Waals surface area contributed by atoms with Crippen LogP contribution in [0.3, 0.4) is 0 Å². The molecule has 0 saturated carbocycles. The number of carbonyl (C=O) groups excluding carboxylic acids is 4. The quantitative estimate of drug-likeness (QED) is 0.513. The van der Waals surface area contributed by atoms with Gasteiger partial charge < -0.3 is 16.0 Å². The number of thioether (sulfide) groups is 1. The minimum absolute atomic E-state index is 0.000265. The van der Waals surface area contributed by atoms with Gasteiger partial charge in [-0.2, -0.15) is 5.10 Å². The van der Waals surface area contributed by atoms with Crippen LogP contribution in [0.15, 0.2) is 41.3 Å². The fourth-order valence-electron chi connectivity index (χ4n) is 2.67. The highest BCUT2D eigenvalue weighted by Crippen LogP contribution is 2.29. The third-order valence-electron chi connectivity index (χ3n) is 4.06. The SMILES string of the molecule is CNC(=O)c1[nH]nc2c1C(=O)C(SCCCNC(=O)Nc1ccccc1)=CC2=O. The number of urea groups is 1. The number of Topliss-reactive ketones (excluding diaryl/α,β-unsaturated/α-hetero) is 1. The number of nitrogens with zero attached hydrogens (tertiary/aromatic N) is 1. The number of hydrogen-bond donors (Lipinski definition) is 4. The van der Waals surface area contributed by atoms with E-state index in [1.54, 1.807) is 12.1 Å². The molecule has 0 spiro atoms. The van der Waals surface area contributed by atoms with Crippen LogP contribution >= 0.6 is 11.8 Å². The monoisotopic (exact) mass is 413 g/mol. The fourth-order valence-corrected chi connectivity index (χ4v) is 3.60. The predicted molar refractivity (Wildman–Crippen MR) is 109 cm³/mol. The Kier molecular flexibility index (Phi) is 6.45. The van der Waals surface area contributed by atoms with Gasteiger partial charge in [-0.3, -0.25) is 19.5 Å². The highest BCUT2D eigenvalue weighted by molar-refractivity contribution is 8.04. The number of hydrogen-bond acceptors (Lipinski definition) is 6. The number of anilines is 1. The van der Waals surface area contributed by atoms with Crippen LogP contribution < -0.4 is 16.0 Å². The molecular formula is C19H19N5O4S. The van der Waals surface area contributed by atoms with Crippen molar-refractivity contribution in [3.8, 4) is 0 Å². The van der Waals surface area contributed by atoms with Gasteiger partial charge in [0.1, 0.15) is 11.4 Å². The molecule has 4 N–H and O–H groups in total. The molecule has 1 aliphatic carbocycles. The van der Waals surface area contributed by atoms with Crippen LogP contribution in [0, 0.1) is 0 Å². The zero-order chi connectivity index (χ0) is 20.8. The van der Waals surface area contributed by atoms with Gasteiger partial charge in [0.25, 0.3) is 5.91 Å². The van der Waals surface area contributed by atoms with Crippen molar-refractivity contribution in [1.82, 2.24) is 20.8 Å². The Morgan fingerprint density at radius 2 is 1.93 bits per heavy atom. The standard InChI is InChI=1S/C19H19N5O4S/c1-20-18(27)16-14-15(23-24-16)12(25)10-13(17(14)26)29-9-5-8-21-19(28)22-11-6-3-2-4-7-11/h2-4,6-7,10H,5,8-9H2,1H3,(H,20,27)(H,23,24)(H2,21,22,28). The number of benzene rings is 1. The molecule has 1 heterocycles. The number of aromatic nitrogens is 2. The second-order valence-corrected chi connectivity index (χ2v) is 7.19. The molecule has 10 heteroatoms. The van der Waals surface area contributed by atoms with Crippen molar-refractivity contribution in [2.24, 2.45) is 0 Å². The maximum atomic E-state index is 12.7. The molecular weight excluding hydrogens is 394 g/mol. The molecule has 0 radical (unpaired) electrons. The molecule has 3 amide bonds. The van der Waals surface area contributed by atoms with E-state index in [0.717, 1.165) is 0 Å². The molecule has 3 rings (SSSR count). The van der Waals surface area contributed by atoms with Gasteiger partial charge in [-0.1, -0.05) is 18.2 Å². The first-order valence-corrected chi connectivity index (χ1v) is 9.83. The van der Waals surface area contributed by atoms with Gasteiger partial charge in [-0.15, -0.1) is 11.8 Å². The van der Waals surface area contributed by atoms with Gasteiger partial charge in [0, 0.05) is 25.4 Å². The molecule has 1 aromatic carbocycles. The smallest absolute Gasteiger partial charge is 0.319 e. The summed E-state index contributed by atoms with van der Waals surface area (Å²) in [5, 5.41) is 14.1. The number of para-hydroxylation sites is 1. The minimum atomic E-state index is -0.514. The van der Waals surface area contributed by atoms with Crippen LogP contribution in [0.4, 0.5) is 10.5 Å². The highest BCUT2D eigenvalue weighted by atomic mass is 32.2. The zero-order valence-corrected chi connectivity index (χ0v) is 16.4. The average molecular weight is 413 g/mol. The summed E-state index contributed by atoms with van der Waals surface area (Å²) < 4.78 is 0. The van der Waals surface area contributed by atoms with Crippen molar-refractivity contribution < 1.29 is 19.2 Å². The summed E-state index contributed by atoms with van der Waals surface area (Å²) in [7, 11) is 1.43. The number of nitrogens with one attached hydrogen (secondary N) is 4. The van der Waals surface area contributed by atoms with Crippen molar-refractivity contribution in [2.45, 2.75) is 6.42 Å². The van der Waals surface area contributed by atoms with Crippen LogP contribution in [0.25, 0.3) is 0 Å². The lowest BCUT2D eigenvalue weighted by Crippen LogP contribution is -2.29. The van der Waals surface area contributed by atoms with Crippen molar-refractivity contribution in [1.29, 1.82) is 0 Å². The molecule has 150 valence electrons. The molecule has 1 aromatic heterocycles. The molecule has 0 bridgehead atoms. The van der Waals surface area contributed by atoms with Crippen LogP contribution in [0.1, 0.15) is 37.8 Å². The number of H-pyrrole nitrogens is 1. The highest BCUT2D eigenvalue weighted by Gasteiger charge is 2.33. The molecule has 0 saturated heterocycles. The molecule has 0 fully saturated rings. The van der Waals surface area contributed by atoms with E-state index >= 15 is 0 Å². The van der Waals surface area contributed by atoms with Crippen LogP contribution in [0.2, 0.25) is 0 Å². The lowest BCUT2D eigenvalue weighted by Gasteiger charge is -2.12. The first kappa shape index (κ1) is 20.3. The number of carbonyl (C=O) groups is 4. The molecule has 1 aliphatic rings. The summed E-state index contributed by atoms with van der Waals surface area (Å²) in [5.41, 5.74) is 0.627. The second kappa shape index (κ2) is 9.20. The van der Waals surface area contributed by atoms with Crippen molar-refractivity contribution in [3.05, 3.63) is 58.3 Å². The first-order chi connectivity index (χ1) is 14.0. The second-order valence-electron chi connectivity index (χ2n) is 6.05. The summed E-state index contributed by atoms with van der Waals surface area (Å²) in [4.78, 5) is 48.8. The predicted octanol–water partition coefficient (Wildman–Crippen LogP) is 1.98. The Morgan fingerprint density at radius 3 is 2.66 bits per heavy atom. The zero-order valence-electron chi connectivity index (χ0n) is 15.6. The topological polar surface area (TPSA) is 133 Å². The molecule has 2 aromatic rings. The van der Waals surface area contributed by atoms with E-state index in [2.05, 4.69) is 26.1 Å². The maximum absolute atomic E-state index is 12.7. The molecule has 29 heavy (non-hydrogen) atoms. The lowest BCUT2D eigenvalue weighted by molar-refractivity contribution is 0.0945. The molecule has 0 unspecified atom stereocenters. The van der Waals surface area contributed by atoms with E-state index in [1.807, 2.05) is 18.2 Å². The number of ketones is 2. The van der Waals surface area contributed by atoms with Crippen LogP contribution in [-0.4, -0.2) is 53.0 Å². The summed E-state index contributed by atoms with van der Waals surface area (Å²) in [6, 6.07) is 8.75. The van der Waals surface area contributed by atoms with Gasteiger partial charge in [0.15, 0.2) is 0 Å². The molecule has 0 aliphatic heterocycles. The van der Waals surface area contributed by atoms with E-state index in [0.29, 0.717) is 24.4 Å². The van der Waals surface area contributed by atoms with Crippen molar-refractivity contribution in [3.63, 3.8) is 0 Å². The number of allylic oxidation sites excluding steroid dienone is 2. The fraction of sp³-hybridized carbons (Fsp3) is 0.211. The summed E-state index contributed by atoms with van der Waals surface area (Å²) in [5.74, 6) is -0.834. The van der Waals surface area contributed by atoms with E-state index in [-0.39, 0.29) is 27.9 Å². The van der Waals surface area contributed by atoms with Gasteiger partial charge in [0.05, 0.1) is 10.5 Å². The van der Waals surface area contributed by atoms with Crippen LogP contribution in [0.5, 0.6) is 0 Å². The van der Waals surface area contributed by atoms with Crippen molar-refractivity contribution in [2.75, 3.05) is 24.7 Å². The van der Waals surface area contributed by atoms with Crippen LogP contribution in [-0.2, 0) is 0 Å². The largest absolute Gasteiger partial charge is 0.354 e. The van der Waals surface area contributed by atoms with E-state index in [9.17, 15) is 19.2 Å². The Labute approximate surface area is 170 Å². The van der Waals surface area contributed by atoms with Gasteiger partial charge in [-0.05, 0) is 24.3 Å². The number of amides is 3. The lowest BCUT2D eigenvalue weighted by atomic mass is 9.99. The Morgan fingerprint density at radius 1 is 1.17 bits per heavy atom. The summed E-state index contributed by atoms with van der Waals surface area (Å²) >= 11 is 1.21. The van der Waals surface area contributed by atoms with Gasteiger partial charge in [0.2, 0.25) is 11.6 Å². The van der Waals surface area contributed by atoms with E-state index in [4.69, 9.17) is 0 Å². The number of aromatic amines is 1. The van der Waals surface area contributed by atoms with E-state index < -0.39 is 17.5 Å². The third-order valence-corrected chi connectivity index (χ3v) is 5.17. The van der Waals surface area contributed by atoms with Crippen molar-refractivity contribution >= 4 is 41.0 Å². The van der Waals surface area contributed by atoms with Gasteiger partial charge in [-0.25, -0.2) is 4.79 Å². The Balaban J connectivity index is 1.49. The molecule has 9 nitrogen and oxygen atoms in total. The summed E-state index contributed by atoms with van der Waals surface area (Å²) in [6.45, 7) is 0.404. The summed E-state index contributed by atoms with van der Waals surface area (Å²) in [6.07, 6.45) is 1.82. The third kappa shape index (κ3) is 4.72. The maximum Gasteiger partial charge on any atom is 0.319 e. The average Bonchev–Trinajstić information content (AvgIpc) is 3.17. The number of rotatable bonds is 7.